The molecule has 1 N–H and O–H groups in total. The van der Waals surface area contributed by atoms with Gasteiger partial charge in [0.05, 0.1) is 10.9 Å². The van der Waals surface area contributed by atoms with E-state index in [-0.39, 0.29) is 17.7 Å². The van der Waals surface area contributed by atoms with Crippen LogP contribution >= 0.6 is 11.3 Å². The smallest absolute Gasteiger partial charge is 0.251 e. The van der Waals surface area contributed by atoms with E-state index in [0.717, 1.165) is 21.8 Å². The molecule has 3 aromatic rings. The Bertz CT molecular complexity index is 927. The van der Waals surface area contributed by atoms with Gasteiger partial charge in [0.25, 0.3) is 5.91 Å². The summed E-state index contributed by atoms with van der Waals surface area (Å²) in [6, 6.07) is 8.94. The molecule has 0 bridgehead atoms. The first-order valence-corrected chi connectivity index (χ1v) is 9.26. The fourth-order valence-electron chi connectivity index (χ4n) is 2.81. The summed E-state index contributed by atoms with van der Waals surface area (Å²) < 4.78 is 1.76. The van der Waals surface area contributed by atoms with Gasteiger partial charge in [-0.3, -0.25) is 9.59 Å². The third-order valence-electron chi connectivity index (χ3n) is 4.12. The molecule has 0 saturated heterocycles. The Morgan fingerprint density at radius 2 is 1.96 bits per heavy atom. The normalized spacial score (nSPS) is 12.0. The summed E-state index contributed by atoms with van der Waals surface area (Å²) in [6.45, 7) is 6.12. The Labute approximate surface area is 155 Å². The van der Waals surface area contributed by atoms with E-state index in [0.29, 0.717) is 12.1 Å². The molecule has 1 aromatic carbocycles. The summed E-state index contributed by atoms with van der Waals surface area (Å²) in [7, 11) is 0. The number of carbonyl (C=O) groups excluding carboxylic acids is 2. The zero-order chi connectivity index (χ0) is 18.7. The molecule has 0 radical (unpaired) electrons. The Kier molecular flexibility index (Phi) is 5.27. The summed E-state index contributed by atoms with van der Waals surface area (Å²) in [5.74, 6) is 0.597. The van der Waals surface area contributed by atoms with Crippen LogP contribution in [0.1, 0.15) is 52.7 Å². The predicted octanol–water partition coefficient (Wildman–Crippen LogP) is 3.72. The highest BCUT2D eigenvalue weighted by molar-refractivity contribution is 7.12. The van der Waals surface area contributed by atoms with Gasteiger partial charge in [0.1, 0.15) is 12.2 Å². The van der Waals surface area contributed by atoms with E-state index < -0.39 is 0 Å². The van der Waals surface area contributed by atoms with Crippen molar-refractivity contribution in [3.05, 3.63) is 58.3 Å². The standard InChI is InChI=1S/C19H20N4O2S/c1-4-23-18(20-11-21-23)12(2)22-19(25)15-7-5-14(6-8-15)16-9-10-26-17(16)13(3)24/h5-12H,4H2,1-3H3,(H,22,25)/t12-/m0/s1. The number of carbonyl (C=O) groups is 2. The molecule has 134 valence electrons. The zero-order valence-electron chi connectivity index (χ0n) is 14.9. The number of ketones is 1. The van der Waals surface area contributed by atoms with Gasteiger partial charge in [-0.15, -0.1) is 11.3 Å². The highest BCUT2D eigenvalue weighted by atomic mass is 32.1. The number of thiophene rings is 1. The lowest BCUT2D eigenvalue weighted by atomic mass is 10.0. The number of amides is 1. The Morgan fingerprint density at radius 1 is 1.23 bits per heavy atom. The van der Waals surface area contributed by atoms with Crippen molar-refractivity contribution in [2.24, 2.45) is 0 Å². The van der Waals surface area contributed by atoms with Crippen molar-refractivity contribution in [3.8, 4) is 11.1 Å². The molecule has 0 fully saturated rings. The molecule has 0 unspecified atom stereocenters. The Morgan fingerprint density at radius 3 is 2.62 bits per heavy atom. The summed E-state index contributed by atoms with van der Waals surface area (Å²) in [5.41, 5.74) is 2.38. The second-order valence-corrected chi connectivity index (χ2v) is 6.84. The van der Waals surface area contributed by atoms with Crippen molar-refractivity contribution in [1.82, 2.24) is 20.1 Å². The van der Waals surface area contributed by atoms with Gasteiger partial charge in [-0.2, -0.15) is 5.10 Å². The molecular formula is C19H20N4O2S. The molecule has 1 atom stereocenters. The third-order valence-corrected chi connectivity index (χ3v) is 5.14. The number of benzene rings is 1. The van der Waals surface area contributed by atoms with Gasteiger partial charge in [0.2, 0.25) is 0 Å². The number of nitrogens with one attached hydrogen (secondary N) is 1. The predicted molar refractivity (Wildman–Crippen MR) is 101 cm³/mol. The Balaban J connectivity index is 1.75. The van der Waals surface area contributed by atoms with Crippen LogP contribution in [0.2, 0.25) is 0 Å². The molecule has 0 aliphatic heterocycles. The molecule has 0 aliphatic rings. The molecule has 26 heavy (non-hydrogen) atoms. The SMILES string of the molecule is CCn1ncnc1[C@H](C)NC(=O)c1ccc(-c2ccsc2C(C)=O)cc1. The first kappa shape index (κ1) is 18.0. The van der Waals surface area contributed by atoms with E-state index in [1.807, 2.05) is 37.4 Å². The maximum atomic E-state index is 12.5. The molecule has 0 aliphatic carbocycles. The van der Waals surface area contributed by atoms with Crippen LogP contribution in [-0.4, -0.2) is 26.5 Å². The van der Waals surface area contributed by atoms with Crippen LogP contribution in [0.15, 0.2) is 42.0 Å². The number of aryl methyl sites for hydroxylation is 1. The maximum absolute atomic E-state index is 12.5. The summed E-state index contributed by atoms with van der Waals surface area (Å²) in [5, 5.41) is 8.97. The molecule has 0 saturated carbocycles. The number of Topliss-reactive ketones (excluding diaryl/α,β-unsaturated/α-hetero) is 1. The van der Waals surface area contributed by atoms with Crippen molar-refractivity contribution >= 4 is 23.0 Å². The monoisotopic (exact) mass is 368 g/mol. The summed E-state index contributed by atoms with van der Waals surface area (Å²) in [6.07, 6.45) is 1.49. The average Bonchev–Trinajstić information content (AvgIpc) is 3.30. The molecule has 2 heterocycles. The lowest BCUT2D eigenvalue weighted by Crippen LogP contribution is -2.28. The number of rotatable bonds is 6. The van der Waals surface area contributed by atoms with Gasteiger partial charge in [0.15, 0.2) is 5.78 Å². The molecule has 2 aromatic heterocycles. The maximum Gasteiger partial charge on any atom is 0.251 e. The van der Waals surface area contributed by atoms with Gasteiger partial charge in [-0.25, -0.2) is 9.67 Å². The highest BCUT2D eigenvalue weighted by Crippen LogP contribution is 2.29. The minimum absolute atomic E-state index is 0.0469. The van der Waals surface area contributed by atoms with Gasteiger partial charge in [0, 0.05) is 17.7 Å². The fourth-order valence-corrected chi connectivity index (χ4v) is 3.63. The van der Waals surface area contributed by atoms with Crippen molar-refractivity contribution in [2.75, 3.05) is 0 Å². The first-order chi connectivity index (χ1) is 12.5. The minimum Gasteiger partial charge on any atom is -0.342 e. The lowest BCUT2D eigenvalue weighted by Gasteiger charge is -2.14. The molecule has 3 rings (SSSR count). The third kappa shape index (κ3) is 3.57. The second kappa shape index (κ2) is 7.61. The number of hydrogen-bond donors (Lipinski definition) is 1. The summed E-state index contributed by atoms with van der Waals surface area (Å²) >= 11 is 1.43. The van der Waals surface area contributed by atoms with E-state index >= 15 is 0 Å². The van der Waals surface area contributed by atoms with E-state index in [1.165, 1.54) is 17.7 Å². The van der Waals surface area contributed by atoms with Crippen molar-refractivity contribution in [3.63, 3.8) is 0 Å². The fraction of sp³-hybridized carbons (Fsp3) is 0.263. The first-order valence-electron chi connectivity index (χ1n) is 8.38. The van der Waals surface area contributed by atoms with Crippen LogP contribution in [0.3, 0.4) is 0 Å². The van der Waals surface area contributed by atoms with Crippen LogP contribution in [0, 0.1) is 0 Å². The van der Waals surface area contributed by atoms with E-state index in [2.05, 4.69) is 15.4 Å². The Hall–Kier alpha value is -2.80. The van der Waals surface area contributed by atoms with Crippen LogP contribution in [-0.2, 0) is 6.54 Å². The number of hydrogen-bond acceptors (Lipinski definition) is 5. The quantitative estimate of drug-likeness (QED) is 0.673. The second-order valence-electron chi connectivity index (χ2n) is 5.93. The molecule has 1 amide bonds. The van der Waals surface area contributed by atoms with E-state index in [1.54, 1.807) is 23.7 Å². The average molecular weight is 368 g/mol. The molecule has 7 heteroatoms. The van der Waals surface area contributed by atoms with Gasteiger partial charge in [-0.05, 0) is 49.9 Å². The van der Waals surface area contributed by atoms with E-state index in [9.17, 15) is 9.59 Å². The highest BCUT2D eigenvalue weighted by Gasteiger charge is 2.17. The topological polar surface area (TPSA) is 76.9 Å². The zero-order valence-corrected chi connectivity index (χ0v) is 15.7. The van der Waals surface area contributed by atoms with Crippen molar-refractivity contribution in [2.45, 2.75) is 33.4 Å². The molecular weight excluding hydrogens is 348 g/mol. The molecule has 0 spiro atoms. The lowest BCUT2D eigenvalue weighted by molar-refractivity contribution is 0.0936. The van der Waals surface area contributed by atoms with Crippen LogP contribution < -0.4 is 5.32 Å². The molecule has 6 nitrogen and oxygen atoms in total. The van der Waals surface area contributed by atoms with Gasteiger partial charge in [-0.1, -0.05) is 12.1 Å². The minimum atomic E-state index is -0.245. The van der Waals surface area contributed by atoms with Crippen molar-refractivity contribution < 1.29 is 9.59 Å². The van der Waals surface area contributed by atoms with Crippen LogP contribution in [0.25, 0.3) is 11.1 Å². The number of nitrogens with zero attached hydrogens (tertiary/aromatic N) is 3. The van der Waals surface area contributed by atoms with Gasteiger partial charge >= 0.3 is 0 Å². The van der Waals surface area contributed by atoms with Crippen LogP contribution in [0.4, 0.5) is 0 Å². The van der Waals surface area contributed by atoms with Gasteiger partial charge < -0.3 is 5.32 Å². The van der Waals surface area contributed by atoms with Crippen LogP contribution in [0.5, 0.6) is 0 Å². The van der Waals surface area contributed by atoms with E-state index in [4.69, 9.17) is 0 Å². The largest absolute Gasteiger partial charge is 0.342 e. The van der Waals surface area contributed by atoms with Crippen molar-refractivity contribution in [1.29, 1.82) is 0 Å². The summed E-state index contributed by atoms with van der Waals surface area (Å²) in [4.78, 5) is 29.1. The number of aromatic nitrogens is 3.